The van der Waals surface area contributed by atoms with E-state index in [1.54, 1.807) is 0 Å². The van der Waals surface area contributed by atoms with Crippen LogP contribution in [0.25, 0.3) is 0 Å². The van der Waals surface area contributed by atoms with Gasteiger partial charge in [-0.3, -0.25) is 4.79 Å². The maximum Gasteiger partial charge on any atom is 0.321 e. The zero-order valence-electron chi connectivity index (χ0n) is 9.07. The second-order valence-electron chi connectivity index (χ2n) is 4.24. The van der Waals surface area contributed by atoms with E-state index in [1.165, 1.54) is 0 Å². The van der Waals surface area contributed by atoms with Gasteiger partial charge in [0.25, 0.3) is 0 Å². The van der Waals surface area contributed by atoms with Crippen LogP contribution in [0.3, 0.4) is 0 Å². The molecule has 0 aliphatic carbocycles. The van der Waals surface area contributed by atoms with E-state index >= 15 is 0 Å². The molecule has 1 aromatic heterocycles. The number of aromatic nitrogens is 2. The van der Waals surface area contributed by atoms with Gasteiger partial charge in [0, 0.05) is 12.0 Å². The summed E-state index contributed by atoms with van der Waals surface area (Å²) in [6, 6.07) is 0.265. The third-order valence-electron chi connectivity index (χ3n) is 1.71. The van der Waals surface area contributed by atoms with E-state index in [4.69, 9.17) is 9.63 Å². The normalized spacial score (nSPS) is 11.4. The zero-order chi connectivity index (χ0) is 11.5. The molecule has 0 aliphatic rings. The highest BCUT2D eigenvalue weighted by Crippen LogP contribution is 2.19. The van der Waals surface area contributed by atoms with Crippen molar-refractivity contribution in [1.82, 2.24) is 10.1 Å². The Labute approximate surface area is 87.7 Å². The molecular weight excluding hydrogens is 198 g/mol. The summed E-state index contributed by atoms with van der Waals surface area (Å²) < 4.78 is 4.91. The second kappa shape index (κ2) is 4.29. The van der Waals surface area contributed by atoms with Gasteiger partial charge in [-0.25, -0.2) is 0 Å². The molecule has 0 bridgehead atoms. The third kappa shape index (κ3) is 3.57. The number of nitrogens with one attached hydrogen (secondary N) is 1. The van der Waals surface area contributed by atoms with Crippen LogP contribution >= 0.6 is 0 Å². The Balaban J connectivity index is 2.50. The summed E-state index contributed by atoms with van der Waals surface area (Å²) in [5, 5.41) is 15.0. The Morgan fingerprint density at radius 3 is 2.67 bits per heavy atom. The molecule has 1 aromatic rings. The molecule has 15 heavy (non-hydrogen) atoms. The van der Waals surface area contributed by atoms with Crippen molar-refractivity contribution in [2.45, 2.75) is 32.6 Å². The predicted molar refractivity (Wildman–Crippen MR) is 53.7 cm³/mol. The molecule has 0 saturated heterocycles. The van der Waals surface area contributed by atoms with Crippen molar-refractivity contribution in [1.29, 1.82) is 0 Å². The molecular formula is C9H15N3O3. The number of aliphatic carboxylic acids is 1. The number of anilines is 1. The summed E-state index contributed by atoms with van der Waals surface area (Å²) in [7, 11) is 0. The molecule has 0 aromatic carbocycles. The van der Waals surface area contributed by atoms with Crippen molar-refractivity contribution in [3.05, 3.63) is 5.82 Å². The van der Waals surface area contributed by atoms with Crippen LogP contribution in [-0.4, -0.2) is 27.8 Å². The minimum atomic E-state index is -0.863. The quantitative estimate of drug-likeness (QED) is 0.782. The molecule has 1 rings (SSSR count). The lowest BCUT2D eigenvalue weighted by atomic mass is 9.96. The van der Waals surface area contributed by atoms with Crippen molar-refractivity contribution < 1.29 is 14.4 Å². The Bertz CT molecular complexity index is 341. The van der Waals surface area contributed by atoms with Crippen LogP contribution in [0.1, 0.15) is 33.0 Å². The SMILES string of the molecule is CC(C)(C)c1noc(NCCC(=O)O)n1. The molecule has 0 amide bonds. The summed E-state index contributed by atoms with van der Waals surface area (Å²) in [6.45, 7) is 6.19. The minimum Gasteiger partial charge on any atom is -0.481 e. The third-order valence-corrected chi connectivity index (χ3v) is 1.71. The van der Waals surface area contributed by atoms with E-state index in [-0.39, 0.29) is 24.4 Å². The van der Waals surface area contributed by atoms with Gasteiger partial charge in [-0.1, -0.05) is 25.9 Å². The average Bonchev–Trinajstić information content (AvgIpc) is 2.51. The van der Waals surface area contributed by atoms with Gasteiger partial charge in [0.05, 0.1) is 6.42 Å². The molecule has 6 nitrogen and oxygen atoms in total. The first-order valence-electron chi connectivity index (χ1n) is 4.69. The number of carbonyl (C=O) groups is 1. The highest BCUT2D eigenvalue weighted by molar-refractivity contribution is 5.67. The number of hydrogen-bond donors (Lipinski definition) is 2. The molecule has 0 unspecified atom stereocenters. The Kier molecular flexibility index (Phi) is 3.28. The van der Waals surface area contributed by atoms with E-state index < -0.39 is 5.97 Å². The van der Waals surface area contributed by atoms with Crippen LogP contribution in [0.4, 0.5) is 6.01 Å². The summed E-state index contributed by atoms with van der Waals surface area (Å²) in [5.41, 5.74) is -0.170. The Hall–Kier alpha value is -1.59. The average molecular weight is 213 g/mol. The summed E-state index contributed by atoms with van der Waals surface area (Å²) in [5.74, 6) is -0.265. The van der Waals surface area contributed by atoms with Gasteiger partial charge in [0.1, 0.15) is 0 Å². The molecule has 0 saturated carbocycles. The second-order valence-corrected chi connectivity index (χ2v) is 4.24. The van der Waals surface area contributed by atoms with Gasteiger partial charge in [0.15, 0.2) is 5.82 Å². The lowest BCUT2D eigenvalue weighted by Gasteiger charge is -2.10. The van der Waals surface area contributed by atoms with E-state index in [9.17, 15) is 4.79 Å². The van der Waals surface area contributed by atoms with Gasteiger partial charge < -0.3 is 14.9 Å². The van der Waals surface area contributed by atoms with Crippen molar-refractivity contribution in [3.63, 3.8) is 0 Å². The maximum atomic E-state index is 10.2. The maximum absolute atomic E-state index is 10.2. The van der Waals surface area contributed by atoms with Gasteiger partial charge >= 0.3 is 12.0 Å². The van der Waals surface area contributed by atoms with Crippen LogP contribution in [0, 0.1) is 0 Å². The topological polar surface area (TPSA) is 88.2 Å². The van der Waals surface area contributed by atoms with Crippen molar-refractivity contribution in [2.75, 3.05) is 11.9 Å². The predicted octanol–water partition coefficient (Wildman–Crippen LogP) is 1.25. The fraction of sp³-hybridized carbons (Fsp3) is 0.667. The van der Waals surface area contributed by atoms with Crippen LogP contribution in [0.2, 0.25) is 0 Å². The summed E-state index contributed by atoms with van der Waals surface area (Å²) >= 11 is 0. The van der Waals surface area contributed by atoms with Gasteiger partial charge in [-0.15, -0.1) is 0 Å². The summed E-state index contributed by atoms with van der Waals surface area (Å²) in [6.07, 6.45) is 0.0211. The van der Waals surface area contributed by atoms with Crippen LogP contribution < -0.4 is 5.32 Å². The van der Waals surface area contributed by atoms with E-state index in [2.05, 4.69) is 15.5 Å². The smallest absolute Gasteiger partial charge is 0.321 e. The van der Waals surface area contributed by atoms with E-state index in [1.807, 2.05) is 20.8 Å². The summed E-state index contributed by atoms with van der Waals surface area (Å²) in [4.78, 5) is 14.3. The van der Waals surface area contributed by atoms with Crippen LogP contribution in [0.5, 0.6) is 0 Å². The molecule has 0 fully saturated rings. The zero-order valence-corrected chi connectivity index (χ0v) is 9.07. The monoisotopic (exact) mass is 213 g/mol. The number of hydrogen-bond acceptors (Lipinski definition) is 5. The van der Waals surface area contributed by atoms with Gasteiger partial charge in [-0.05, 0) is 0 Å². The molecule has 2 N–H and O–H groups in total. The fourth-order valence-electron chi connectivity index (χ4n) is 0.876. The first kappa shape index (κ1) is 11.5. The fourth-order valence-corrected chi connectivity index (χ4v) is 0.876. The number of carboxylic acids is 1. The molecule has 0 aliphatic heterocycles. The molecule has 0 spiro atoms. The molecule has 0 radical (unpaired) electrons. The molecule has 1 heterocycles. The van der Waals surface area contributed by atoms with E-state index in [0.717, 1.165) is 0 Å². The number of nitrogens with zero attached hydrogens (tertiary/aromatic N) is 2. The Morgan fingerprint density at radius 1 is 1.53 bits per heavy atom. The highest BCUT2D eigenvalue weighted by atomic mass is 16.5. The van der Waals surface area contributed by atoms with Crippen LogP contribution in [-0.2, 0) is 10.2 Å². The van der Waals surface area contributed by atoms with Crippen LogP contribution in [0.15, 0.2) is 4.52 Å². The van der Waals surface area contributed by atoms with E-state index in [0.29, 0.717) is 5.82 Å². The van der Waals surface area contributed by atoms with Crippen molar-refractivity contribution >= 4 is 12.0 Å². The Morgan fingerprint density at radius 2 is 2.20 bits per heavy atom. The minimum absolute atomic E-state index is 0.0211. The molecule has 0 atom stereocenters. The largest absolute Gasteiger partial charge is 0.481 e. The number of carboxylic acid groups (broad SMARTS) is 1. The van der Waals surface area contributed by atoms with Crippen molar-refractivity contribution in [2.24, 2.45) is 0 Å². The molecule has 84 valence electrons. The standard InChI is InChI=1S/C9H15N3O3/c1-9(2,3)7-11-8(15-12-7)10-5-4-6(13)14/h4-5H2,1-3H3,(H,13,14)(H,10,11,12). The van der Waals surface area contributed by atoms with Crippen molar-refractivity contribution in [3.8, 4) is 0 Å². The number of rotatable bonds is 4. The first-order chi connectivity index (χ1) is 6.89. The first-order valence-corrected chi connectivity index (χ1v) is 4.69. The lowest BCUT2D eigenvalue weighted by Crippen LogP contribution is -2.13. The lowest BCUT2D eigenvalue weighted by molar-refractivity contribution is -0.136. The van der Waals surface area contributed by atoms with Gasteiger partial charge in [0.2, 0.25) is 0 Å². The molecule has 6 heteroatoms. The van der Waals surface area contributed by atoms with Gasteiger partial charge in [-0.2, -0.15) is 4.98 Å². The highest BCUT2D eigenvalue weighted by Gasteiger charge is 2.20.